The Labute approximate surface area is 125 Å². The van der Waals surface area contributed by atoms with Crippen LogP contribution in [0.5, 0.6) is 0 Å². The maximum atomic E-state index is 9.40. The summed E-state index contributed by atoms with van der Waals surface area (Å²) in [6, 6.07) is 11.5. The van der Waals surface area contributed by atoms with E-state index >= 15 is 0 Å². The van der Waals surface area contributed by atoms with Gasteiger partial charge in [0.15, 0.2) is 0 Å². The second-order valence-electron chi connectivity index (χ2n) is 5.42. The van der Waals surface area contributed by atoms with Crippen molar-refractivity contribution in [3.8, 4) is 6.07 Å². The Morgan fingerprint density at radius 1 is 1.16 bits per heavy atom. The Morgan fingerprint density at radius 3 is 2.21 bits per heavy atom. The molecule has 0 saturated carbocycles. The van der Waals surface area contributed by atoms with Crippen molar-refractivity contribution in [1.82, 2.24) is 4.90 Å². The summed E-state index contributed by atoms with van der Waals surface area (Å²) in [5.74, 6) is -0.0458. The number of hydrogen-bond acceptors (Lipinski definition) is 2. The Bertz CT molecular complexity index is 427. The molecule has 2 nitrogen and oxygen atoms in total. The minimum absolute atomic E-state index is 0.0458. The van der Waals surface area contributed by atoms with Gasteiger partial charge in [-0.2, -0.15) is 5.26 Å². The molecule has 104 valence electrons. The van der Waals surface area contributed by atoms with Gasteiger partial charge in [-0.05, 0) is 45.7 Å². The molecule has 0 unspecified atom stereocenters. The van der Waals surface area contributed by atoms with Gasteiger partial charge < -0.3 is 0 Å². The third-order valence-electron chi connectivity index (χ3n) is 3.44. The monoisotopic (exact) mass is 322 g/mol. The Balaban J connectivity index is 2.74. The third kappa shape index (κ3) is 4.63. The second kappa shape index (κ2) is 7.67. The van der Waals surface area contributed by atoms with Gasteiger partial charge in [0.1, 0.15) is 0 Å². The summed E-state index contributed by atoms with van der Waals surface area (Å²) in [5.41, 5.74) is 1.09. The van der Waals surface area contributed by atoms with Crippen LogP contribution in [-0.2, 0) is 0 Å². The summed E-state index contributed by atoms with van der Waals surface area (Å²) >= 11 is 3.54. The molecule has 0 aromatic heterocycles. The van der Waals surface area contributed by atoms with E-state index in [0.717, 1.165) is 23.0 Å². The molecule has 1 aromatic rings. The van der Waals surface area contributed by atoms with Crippen LogP contribution in [0.15, 0.2) is 28.7 Å². The Hall–Kier alpha value is -0.850. The normalized spacial score (nSPS) is 13.0. The number of rotatable bonds is 6. The first-order valence-corrected chi connectivity index (χ1v) is 7.66. The maximum Gasteiger partial charge on any atom is 0.0735 e. The van der Waals surface area contributed by atoms with Gasteiger partial charge in [-0.3, -0.25) is 4.90 Å². The molecule has 0 heterocycles. The van der Waals surface area contributed by atoms with E-state index in [1.54, 1.807) is 0 Å². The molecule has 19 heavy (non-hydrogen) atoms. The quantitative estimate of drug-likeness (QED) is 0.767. The second-order valence-corrected chi connectivity index (χ2v) is 6.27. The van der Waals surface area contributed by atoms with Gasteiger partial charge >= 0.3 is 0 Å². The van der Waals surface area contributed by atoms with Crippen LogP contribution in [0.1, 0.15) is 45.6 Å². The van der Waals surface area contributed by atoms with Crippen LogP contribution in [0.3, 0.4) is 0 Å². The minimum Gasteiger partial charge on any atom is -0.298 e. The summed E-state index contributed by atoms with van der Waals surface area (Å²) < 4.78 is 1.03. The topological polar surface area (TPSA) is 27.0 Å². The van der Waals surface area contributed by atoms with Gasteiger partial charge in [0.2, 0.25) is 0 Å². The number of benzene rings is 1. The highest BCUT2D eigenvalue weighted by atomic mass is 79.9. The van der Waals surface area contributed by atoms with Crippen molar-refractivity contribution in [3.05, 3.63) is 34.3 Å². The largest absolute Gasteiger partial charge is 0.298 e. The average Bonchev–Trinajstić information content (AvgIpc) is 2.35. The van der Waals surface area contributed by atoms with Crippen LogP contribution >= 0.6 is 15.9 Å². The van der Waals surface area contributed by atoms with Crippen molar-refractivity contribution in [1.29, 1.82) is 5.26 Å². The zero-order valence-corrected chi connectivity index (χ0v) is 13.8. The first-order valence-electron chi connectivity index (χ1n) is 6.87. The number of halogens is 1. The number of nitrogens with zero attached hydrogens (tertiary/aromatic N) is 2. The molecule has 1 atom stereocenters. The number of nitriles is 1. The van der Waals surface area contributed by atoms with Crippen molar-refractivity contribution in [2.75, 3.05) is 6.54 Å². The molecule has 0 radical (unpaired) electrons. The van der Waals surface area contributed by atoms with E-state index in [9.17, 15) is 5.26 Å². The minimum atomic E-state index is -0.0458. The van der Waals surface area contributed by atoms with Gasteiger partial charge in [0.05, 0.1) is 12.0 Å². The van der Waals surface area contributed by atoms with Gasteiger partial charge in [-0.15, -0.1) is 0 Å². The van der Waals surface area contributed by atoms with Crippen LogP contribution < -0.4 is 0 Å². The molecule has 0 amide bonds. The molecular weight excluding hydrogens is 300 g/mol. The fraction of sp³-hybridized carbons (Fsp3) is 0.562. The maximum absolute atomic E-state index is 9.40. The lowest BCUT2D eigenvalue weighted by Crippen LogP contribution is -2.38. The Morgan fingerprint density at radius 2 is 1.74 bits per heavy atom. The molecule has 0 fully saturated rings. The summed E-state index contributed by atoms with van der Waals surface area (Å²) in [6.07, 6.45) is 0.871. The predicted molar refractivity (Wildman–Crippen MR) is 84.1 cm³/mol. The summed E-state index contributed by atoms with van der Waals surface area (Å²) in [4.78, 5) is 2.43. The lowest BCUT2D eigenvalue weighted by atomic mass is 9.96. The van der Waals surface area contributed by atoms with Gasteiger partial charge in [-0.1, -0.05) is 34.1 Å². The van der Waals surface area contributed by atoms with E-state index in [1.165, 1.54) is 0 Å². The van der Waals surface area contributed by atoms with Crippen LogP contribution in [-0.4, -0.2) is 23.5 Å². The van der Waals surface area contributed by atoms with E-state index in [1.807, 2.05) is 24.3 Å². The highest BCUT2D eigenvalue weighted by Gasteiger charge is 2.18. The average molecular weight is 323 g/mol. The van der Waals surface area contributed by atoms with Gasteiger partial charge in [0.25, 0.3) is 0 Å². The van der Waals surface area contributed by atoms with E-state index in [-0.39, 0.29) is 5.92 Å². The van der Waals surface area contributed by atoms with Gasteiger partial charge in [0, 0.05) is 23.1 Å². The molecule has 1 aromatic carbocycles. The molecule has 0 aliphatic carbocycles. The summed E-state index contributed by atoms with van der Waals surface area (Å²) in [7, 11) is 0. The molecule has 0 bridgehead atoms. The van der Waals surface area contributed by atoms with E-state index in [0.29, 0.717) is 12.1 Å². The summed E-state index contributed by atoms with van der Waals surface area (Å²) in [5, 5.41) is 9.40. The van der Waals surface area contributed by atoms with E-state index < -0.39 is 0 Å². The summed E-state index contributed by atoms with van der Waals surface area (Å²) in [6.45, 7) is 9.79. The first kappa shape index (κ1) is 16.2. The molecule has 0 aliphatic rings. The zero-order valence-electron chi connectivity index (χ0n) is 12.2. The van der Waals surface area contributed by atoms with Crippen molar-refractivity contribution in [3.63, 3.8) is 0 Å². The molecule has 0 saturated heterocycles. The fourth-order valence-electron chi connectivity index (χ4n) is 2.44. The molecule has 0 aliphatic heterocycles. The van der Waals surface area contributed by atoms with Crippen LogP contribution in [0.4, 0.5) is 0 Å². The standard InChI is InChI=1S/C16H23BrN2/c1-12(2)19(13(3)4)10-9-14(11-18)15-7-5-6-8-16(15)17/h5-8,12-14H,9-10H2,1-4H3/t14-/m1/s1. The Kier molecular flexibility index (Phi) is 6.54. The first-order chi connectivity index (χ1) is 8.97. The van der Waals surface area contributed by atoms with E-state index in [4.69, 9.17) is 0 Å². The molecule has 1 rings (SSSR count). The van der Waals surface area contributed by atoms with Crippen molar-refractivity contribution in [2.24, 2.45) is 0 Å². The van der Waals surface area contributed by atoms with Crippen molar-refractivity contribution >= 4 is 15.9 Å². The van der Waals surface area contributed by atoms with Crippen LogP contribution in [0.25, 0.3) is 0 Å². The fourth-order valence-corrected chi connectivity index (χ4v) is 3.00. The molecule has 0 N–H and O–H groups in total. The molecular formula is C16H23BrN2. The number of hydrogen-bond donors (Lipinski definition) is 0. The molecule has 0 spiro atoms. The van der Waals surface area contributed by atoms with Crippen molar-refractivity contribution < 1.29 is 0 Å². The molecule has 3 heteroatoms. The lowest BCUT2D eigenvalue weighted by Gasteiger charge is -2.31. The lowest BCUT2D eigenvalue weighted by molar-refractivity contribution is 0.171. The highest BCUT2D eigenvalue weighted by Crippen LogP contribution is 2.27. The van der Waals surface area contributed by atoms with Crippen LogP contribution in [0.2, 0.25) is 0 Å². The van der Waals surface area contributed by atoms with Crippen molar-refractivity contribution in [2.45, 2.75) is 52.1 Å². The zero-order chi connectivity index (χ0) is 14.4. The van der Waals surface area contributed by atoms with E-state index in [2.05, 4.69) is 54.6 Å². The van der Waals surface area contributed by atoms with Gasteiger partial charge in [-0.25, -0.2) is 0 Å². The predicted octanol–water partition coefficient (Wildman–Crippen LogP) is 4.57. The van der Waals surface area contributed by atoms with Crippen LogP contribution in [0, 0.1) is 11.3 Å². The SMILES string of the molecule is CC(C)N(CC[C@H](C#N)c1ccccc1Br)C(C)C. The smallest absolute Gasteiger partial charge is 0.0735 e. The third-order valence-corrected chi connectivity index (χ3v) is 4.16. The highest BCUT2D eigenvalue weighted by molar-refractivity contribution is 9.10.